The Bertz CT molecular complexity index is 239. The van der Waals surface area contributed by atoms with E-state index in [1.165, 1.54) is 7.11 Å². The van der Waals surface area contributed by atoms with E-state index < -0.39 is 11.0 Å². The van der Waals surface area contributed by atoms with Crippen LogP contribution in [0.5, 0.6) is 0 Å². The average molecular weight is 247 g/mol. The largest absolute Gasteiger partial charge is 0.469 e. The zero-order chi connectivity index (χ0) is 13.5. The van der Waals surface area contributed by atoms with Crippen LogP contribution in [0.4, 0.5) is 0 Å². The van der Waals surface area contributed by atoms with Crippen molar-refractivity contribution < 1.29 is 19.4 Å². The van der Waals surface area contributed by atoms with Crippen LogP contribution in [0.2, 0.25) is 0 Å². The van der Waals surface area contributed by atoms with Gasteiger partial charge in [-0.1, -0.05) is 0 Å². The second-order valence-corrected chi connectivity index (χ2v) is 5.22. The van der Waals surface area contributed by atoms with Gasteiger partial charge in [0.1, 0.15) is 0 Å². The molecule has 17 heavy (non-hydrogen) atoms. The van der Waals surface area contributed by atoms with Gasteiger partial charge in [-0.2, -0.15) is 0 Å². The molecule has 0 amide bonds. The van der Waals surface area contributed by atoms with Crippen molar-refractivity contribution in [1.29, 1.82) is 0 Å². The average Bonchev–Trinajstić information content (AvgIpc) is 2.24. The fraction of sp³-hybridized carbons (Fsp3) is 0.917. The zero-order valence-corrected chi connectivity index (χ0v) is 11.5. The first-order valence-electron chi connectivity index (χ1n) is 5.75. The molecule has 0 heterocycles. The molecule has 0 aromatic rings. The lowest BCUT2D eigenvalue weighted by atomic mass is 9.93. The standard InChI is InChI=1S/C12H25NO4/c1-11(2,10(14)17-5)8-13-9-12(3,15)6-7-16-4/h13,15H,6-9H2,1-5H3. The molecule has 0 aromatic heterocycles. The molecule has 0 aromatic carbocycles. The monoisotopic (exact) mass is 247 g/mol. The molecular weight excluding hydrogens is 222 g/mol. The van der Waals surface area contributed by atoms with E-state index in [0.29, 0.717) is 26.1 Å². The molecule has 0 spiro atoms. The summed E-state index contributed by atoms with van der Waals surface area (Å²) < 4.78 is 9.62. The third-order valence-corrected chi connectivity index (χ3v) is 2.66. The molecule has 102 valence electrons. The summed E-state index contributed by atoms with van der Waals surface area (Å²) in [5.74, 6) is -0.262. The second-order valence-electron chi connectivity index (χ2n) is 5.22. The van der Waals surface area contributed by atoms with Crippen molar-refractivity contribution in [3.05, 3.63) is 0 Å². The molecule has 1 atom stereocenters. The number of methoxy groups -OCH3 is 2. The van der Waals surface area contributed by atoms with Crippen LogP contribution < -0.4 is 5.32 Å². The first kappa shape index (κ1) is 16.4. The lowest BCUT2D eigenvalue weighted by molar-refractivity contribution is -0.150. The number of esters is 1. The summed E-state index contributed by atoms with van der Waals surface area (Å²) in [6.07, 6.45) is 0.551. The highest BCUT2D eigenvalue weighted by Gasteiger charge is 2.29. The molecule has 0 aliphatic heterocycles. The van der Waals surface area contributed by atoms with Gasteiger partial charge in [0.05, 0.1) is 18.1 Å². The third-order valence-electron chi connectivity index (χ3n) is 2.66. The number of nitrogens with one attached hydrogen (secondary N) is 1. The number of rotatable bonds is 8. The van der Waals surface area contributed by atoms with Crippen molar-refractivity contribution in [2.24, 2.45) is 5.41 Å². The topological polar surface area (TPSA) is 67.8 Å². The summed E-state index contributed by atoms with van der Waals surface area (Å²) in [6.45, 7) is 6.73. The normalized spacial score (nSPS) is 15.4. The Labute approximate surface area is 103 Å². The predicted octanol–water partition coefficient (Wildman–Crippen LogP) is 0.563. The van der Waals surface area contributed by atoms with Crippen molar-refractivity contribution in [2.45, 2.75) is 32.8 Å². The van der Waals surface area contributed by atoms with Gasteiger partial charge < -0.3 is 19.9 Å². The van der Waals surface area contributed by atoms with Crippen molar-refractivity contribution >= 4 is 5.97 Å². The number of carbonyl (C=O) groups excluding carboxylic acids is 1. The first-order chi connectivity index (χ1) is 7.75. The van der Waals surface area contributed by atoms with Gasteiger partial charge in [-0.05, 0) is 20.8 Å². The summed E-state index contributed by atoms with van der Waals surface area (Å²) in [6, 6.07) is 0. The molecule has 0 bridgehead atoms. The van der Waals surface area contributed by atoms with E-state index in [1.807, 2.05) is 0 Å². The summed E-state index contributed by atoms with van der Waals surface area (Å²) in [4.78, 5) is 11.4. The Morgan fingerprint density at radius 3 is 2.29 bits per heavy atom. The third kappa shape index (κ3) is 6.61. The zero-order valence-electron chi connectivity index (χ0n) is 11.5. The lowest BCUT2D eigenvalue weighted by Crippen LogP contribution is -2.44. The molecule has 1 unspecified atom stereocenters. The van der Waals surface area contributed by atoms with Crippen molar-refractivity contribution in [3.8, 4) is 0 Å². The van der Waals surface area contributed by atoms with Crippen LogP contribution in [0.25, 0.3) is 0 Å². The smallest absolute Gasteiger partial charge is 0.312 e. The Morgan fingerprint density at radius 1 is 1.24 bits per heavy atom. The van der Waals surface area contributed by atoms with Crippen LogP contribution in [0.15, 0.2) is 0 Å². The van der Waals surface area contributed by atoms with E-state index in [1.54, 1.807) is 27.9 Å². The minimum absolute atomic E-state index is 0.262. The molecule has 2 N–H and O–H groups in total. The van der Waals surface area contributed by atoms with Gasteiger partial charge in [0, 0.05) is 33.2 Å². The number of ether oxygens (including phenoxy) is 2. The summed E-state index contributed by atoms with van der Waals surface area (Å²) >= 11 is 0. The molecule has 0 saturated heterocycles. The van der Waals surface area contributed by atoms with Gasteiger partial charge in [0.25, 0.3) is 0 Å². The summed E-state index contributed by atoms with van der Waals surface area (Å²) in [5, 5.41) is 13.1. The number of hydrogen-bond acceptors (Lipinski definition) is 5. The fourth-order valence-corrected chi connectivity index (χ4v) is 1.40. The molecular formula is C12H25NO4. The highest BCUT2D eigenvalue weighted by atomic mass is 16.5. The molecule has 5 heteroatoms. The van der Waals surface area contributed by atoms with Gasteiger partial charge in [-0.25, -0.2) is 0 Å². The maximum absolute atomic E-state index is 11.4. The Balaban J connectivity index is 4.01. The SMILES string of the molecule is COCCC(C)(O)CNCC(C)(C)C(=O)OC. The molecule has 0 aliphatic carbocycles. The highest BCUT2D eigenvalue weighted by molar-refractivity contribution is 5.76. The van der Waals surface area contributed by atoms with E-state index in [9.17, 15) is 9.90 Å². The molecule has 0 fully saturated rings. The van der Waals surface area contributed by atoms with Gasteiger partial charge in [0.15, 0.2) is 0 Å². The lowest BCUT2D eigenvalue weighted by Gasteiger charge is -2.27. The van der Waals surface area contributed by atoms with Crippen LogP contribution in [-0.4, -0.2) is 50.6 Å². The van der Waals surface area contributed by atoms with Crippen LogP contribution >= 0.6 is 0 Å². The number of hydrogen-bond donors (Lipinski definition) is 2. The number of aliphatic hydroxyl groups is 1. The van der Waals surface area contributed by atoms with Crippen LogP contribution in [0.1, 0.15) is 27.2 Å². The summed E-state index contributed by atoms with van der Waals surface area (Å²) in [5.41, 5.74) is -1.42. The van der Waals surface area contributed by atoms with Crippen LogP contribution in [-0.2, 0) is 14.3 Å². The predicted molar refractivity (Wildman–Crippen MR) is 65.8 cm³/mol. The maximum atomic E-state index is 11.4. The van der Waals surface area contributed by atoms with Crippen LogP contribution in [0, 0.1) is 5.41 Å². The van der Waals surface area contributed by atoms with Crippen molar-refractivity contribution in [3.63, 3.8) is 0 Å². The van der Waals surface area contributed by atoms with E-state index in [0.717, 1.165) is 0 Å². The Kier molecular flexibility index (Phi) is 6.67. The van der Waals surface area contributed by atoms with E-state index in [-0.39, 0.29) is 5.97 Å². The number of carbonyl (C=O) groups is 1. The van der Waals surface area contributed by atoms with Gasteiger partial charge >= 0.3 is 5.97 Å². The first-order valence-corrected chi connectivity index (χ1v) is 5.75. The van der Waals surface area contributed by atoms with Gasteiger partial charge in [-0.3, -0.25) is 4.79 Å². The fourth-order valence-electron chi connectivity index (χ4n) is 1.40. The minimum Gasteiger partial charge on any atom is -0.469 e. The van der Waals surface area contributed by atoms with Gasteiger partial charge in [0.2, 0.25) is 0 Å². The Hall–Kier alpha value is -0.650. The molecule has 0 aliphatic rings. The van der Waals surface area contributed by atoms with Crippen LogP contribution in [0.3, 0.4) is 0 Å². The quantitative estimate of drug-likeness (QED) is 0.614. The van der Waals surface area contributed by atoms with E-state index in [4.69, 9.17) is 9.47 Å². The minimum atomic E-state index is -0.831. The van der Waals surface area contributed by atoms with Gasteiger partial charge in [-0.15, -0.1) is 0 Å². The molecule has 0 rings (SSSR count). The summed E-state index contributed by atoms with van der Waals surface area (Å²) in [7, 11) is 2.97. The second kappa shape index (κ2) is 6.93. The molecule has 5 nitrogen and oxygen atoms in total. The van der Waals surface area contributed by atoms with Crippen molar-refractivity contribution in [1.82, 2.24) is 5.32 Å². The highest BCUT2D eigenvalue weighted by Crippen LogP contribution is 2.16. The van der Waals surface area contributed by atoms with Crippen molar-refractivity contribution in [2.75, 3.05) is 33.9 Å². The molecule has 0 saturated carbocycles. The molecule has 0 radical (unpaired) electrons. The van der Waals surface area contributed by atoms with E-state index in [2.05, 4.69) is 5.32 Å². The van der Waals surface area contributed by atoms with E-state index >= 15 is 0 Å². The Morgan fingerprint density at radius 2 is 1.82 bits per heavy atom. The maximum Gasteiger partial charge on any atom is 0.312 e.